The number of amides is 1. The summed E-state index contributed by atoms with van der Waals surface area (Å²) < 4.78 is 67.9. The van der Waals surface area contributed by atoms with Crippen LogP contribution in [0.3, 0.4) is 0 Å². The highest BCUT2D eigenvalue weighted by molar-refractivity contribution is 7.91. The van der Waals surface area contributed by atoms with Gasteiger partial charge in [0.2, 0.25) is 0 Å². The molecule has 0 unspecified atom stereocenters. The number of carbonyl (C=O) groups excluding carboxylic acids is 1. The highest BCUT2D eigenvalue weighted by Crippen LogP contribution is 2.34. The summed E-state index contributed by atoms with van der Waals surface area (Å²) in [6, 6.07) is 0.847. The molecular formula is C21H22F3N7O3S. The molecule has 0 aliphatic heterocycles. The van der Waals surface area contributed by atoms with Gasteiger partial charge < -0.3 is 9.47 Å². The van der Waals surface area contributed by atoms with Crippen molar-refractivity contribution >= 4 is 32.6 Å². The highest BCUT2D eigenvalue weighted by atomic mass is 32.2. The minimum Gasteiger partial charge on any atom is -0.339 e. The quantitative estimate of drug-likeness (QED) is 0.392. The third-order valence-corrected chi connectivity index (χ3v) is 7.31. The maximum absolute atomic E-state index is 13.2. The first-order chi connectivity index (χ1) is 16.4. The fourth-order valence-corrected chi connectivity index (χ4v) is 4.70. The molecule has 0 spiro atoms. The summed E-state index contributed by atoms with van der Waals surface area (Å²) in [6.45, 7) is 6.04. The molecule has 4 rings (SSSR count). The van der Waals surface area contributed by atoms with E-state index in [-0.39, 0.29) is 50.4 Å². The SMILES string of the molecule is CCN(CC)C(=O)c1cnc2c(-c3nc4cc(C(F)(F)F)cnc4n3C)c(S(=O)(=O)CC)nn2c1. The van der Waals surface area contributed by atoms with Gasteiger partial charge in [-0.3, -0.25) is 4.79 Å². The molecule has 0 saturated carbocycles. The molecule has 1 amide bonds. The molecule has 186 valence electrons. The fourth-order valence-electron chi connectivity index (χ4n) is 3.72. The zero-order chi connectivity index (χ0) is 25.7. The van der Waals surface area contributed by atoms with E-state index in [1.54, 1.807) is 4.90 Å². The molecule has 0 aromatic carbocycles. The highest BCUT2D eigenvalue weighted by Gasteiger charge is 2.33. The topological polar surface area (TPSA) is 115 Å². The van der Waals surface area contributed by atoms with Crippen molar-refractivity contribution in [2.24, 2.45) is 7.05 Å². The molecule has 0 aliphatic rings. The van der Waals surface area contributed by atoms with E-state index >= 15 is 0 Å². The van der Waals surface area contributed by atoms with Gasteiger partial charge in [0.05, 0.1) is 16.9 Å². The number of nitrogens with zero attached hydrogens (tertiary/aromatic N) is 7. The largest absolute Gasteiger partial charge is 0.417 e. The smallest absolute Gasteiger partial charge is 0.339 e. The minimum atomic E-state index is -4.62. The average molecular weight is 510 g/mol. The number of aryl methyl sites for hydroxylation is 1. The molecule has 4 aromatic heterocycles. The van der Waals surface area contributed by atoms with Gasteiger partial charge >= 0.3 is 6.18 Å². The van der Waals surface area contributed by atoms with Crippen LogP contribution in [-0.4, -0.2) is 67.2 Å². The number of rotatable bonds is 6. The predicted octanol–water partition coefficient (Wildman–Crippen LogP) is 2.97. The zero-order valence-corrected chi connectivity index (χ0v) is 20.1. The van der Waals surface area contributed by atoms with E-state index < -0.39 is 21.6 Å². The van der Waals surface area contributed by atoms with Crippen LogP contribution in [0.1, 0.15) is 36.7 Å². The van der Waals surface area contributed by atoms with Crippen molar-refractivity contribution < 1.29 is 26.4 Å². The lowest BCUT2D eigenvalue weighted by Crippen LogP contribution is -2.30. The lowest BCUT2D eigenvalue weighted by molar-refractivity contribution is -0.137. The third kappa shape index (κ3) is 4.11. The second-order valence-electron chi connectivity index (χ2n) is 7.73. The van der Waals surface area contributed by atoms with E-state index in [2.05, 4.69) is 20.1 Å². The van der Waals surface area contributed by atoms with Crippen LogP contribution >= 0.6 is 0 Å². The lowest BCUT2D eigenvalue weighted by Gasteiger charge is -2.18. The Bertz CT molecular complexity index is 1550. The van der Waals surface area contributed by atoms with Gasteiger partial charge in [-0.05, 0) is 19.9 Å². The Hall–Kier alpha value is -3.55. The average Bonchev–Trinajstić information content (AvgIpc) is 3.36. The zero-order valence-electron chi connectivity index (χ0n) is 19.3. The summed E-state index contributed by atoms with van der Waals surface area (Å²) in [4.78, 5) is 26.8. The molecule has 4 heterocycles. The third-order valence-electron chi connectivity index (χ3n) is 5.67. The Kier molecular flexibility index (Phi) is 6.03. The Balaban J connectivity index is 1.99. The monoisotopic (exact) mass is 509 g/mol. The normalized spacial score (nSPS) is 12.5. The molecule has 0 radical (unpaired) electrons. The van der Waals surface area contributed by atoms with Crippen LogP contribution in [0.2, 0.25) is 0 Å². The van der Waals surface area contributed by atoms with E-state index in [1.807, 2.05) is 13.8 Å². The molecule has 14 heteroatoms. The Morgan fingerprint density at radius 3 is 2.34 bits per heavy atom. The Labute approximate surface area is 198 Å². The number of alkyl halides is 3. The number of hydrogen-bond acceptors (Lipinski definition) is 7. The van der Waals surface area contributed by atoms with Gasteiger partial charge in [-0.1, -0.05) is 6.92 Å². The minimum absolute atomic E-state index is 0.0164. The molecule has 0 aliphatic carbocycles. The summed E-state index contributed by atoms with van der Waals surface area (Å²) in [5.41, 5.74) is -0.610. The van der Waals surface area contributed by atoms with E-state index in [0.717, 1.165) is 6.07 Å². The second-order valence-corrected chi connectivity index (χ2v) is 9.92. The number of imidazole rings is 1. The fraction of sp³-hybridized carbons (Fsp3) is 0.381. The Morgan fingerprint density at radius 2 is 1.74 bits per heavy atom. The molecule has 10 nitrogen and oxygen atoms in total. The van der Waals surface area contributed by atoms with Crippen molar-refractivity contribution in [2.75, 3.05) is 18.8 Å². The first kappa shape index (κ1) is 24.6. The van der Waals surface area contributed by atoms with Gasteiger partial charge in [-0.15, -0.1) is 0 Å². The van der Waals surface area contributed by atoms with Gasteiger partial charge in [0.25, 0.3) is 5.91 Å². The van der Waals surface area contributed by atoms with Crippen molar-refractivity contribution in [1.82, 2.24) is 34.0 Å². The molecule has 0 atom stereocenters. The standard InChI is InChI=1S/C21H22F3N7O3S/c1-5-30(6-2)20(32)12-9-25-17-15(19(28-31(17)11-12)35(33,34)7-3)18-27-14-8-13(21(22,23)24)10-26-16(14)29(18)4/h8-11H,5-7H2,1-4H3. The van der Waals surface area contributed by atoms with Crippen molar-refractivity contribution in [3.63, 3.8) is 0 Å². The van der Waals surface area contributed by atoms with E-state index in [0.29, 0.717) is 19.3 Å². The number of halogens is 3. The van der Waals surface area contributed by atoms with E-state index in [9.17, 15) is 26.4 Å². The first-order valence-electron chi connectivity index (χ1n) is 10.7. The van der Waals surface area contributed by atoms with Crippen LogP contribution < -0.4 is 0 Å². The van der Waals surface area contributed by atoms with Crippen molar-refractivity contribution in [2.45, 2.75) is 32.0 Å². The van der Waals surface area contributed by atoms with Crippen molar-refractivity contribution in [3.05, 3.63) is 35.8 Å². The first-order valence-corrected chi connectivity index (χ1v) is 12.4. The molecular weight excluding hydrogens is 487 g/mol. The molecule has 0 saturated heterocycles. The molecule has 0 N–H and O–H groups in total. The Morgan fingerprint density at radius 1 is 1.09 bits per heavy atom. The van der Waals surface area contributed by atoms with Gasteiger partial charge in [0.15, 0.2) is 26.2 Å². The maximum Gasteiger partial charge on any atom is 0.417 e. The summed E-state index contributed by atoms with van der Waals surface area (Å²) in [5.74, 6) is -0.549. The summed E-state index contributed by atoms with van der Waals surface area (Å²) in [6.07, 6.45) is -1.23. The van der Waals surface area contributed by atoms with Crippen LogP contribution in [0.5, 0.6) is 0 Å². The van der Waals surface area contributed by atoms with Gasteiger partial charge in [-0.25, -0.2) is 27.9 Å². The number of hydrogen-bond donors (Lipinski definition) is 0. The van der Waals surface area contributed by atoms with Gasteiger partial charge in [0, 0.05) is 38.7 Å². The summed E-state index contributed by atoms with van der Waals surface area (Å²) in [5, 5.41) is 3.86. The molecule has 0 bridgehead atoms. The molecule has 35 heavy (non-hydrogen) atoms. The molecule has 4 aromatic rings. The van der Waals surface area contributed by atoms with Crippen molar-refractivity contribution in [3.8, 4) is 11.4 Å². The lowest BCUT2D eigenvalue weighted by atomic mass is 10.2. The van der Waals surface area contributed by atoms with Crippen LogP contribution in [0.4, 0.5) is 13.2 Å². The number of sulfone groups is 1. The number of fused-ring (bicyclic) bond motifs is 2. The molecule has 0 fully saturated rings. The van der Waals surface area contributed by atoms with E-state index in [4.69, 9.17) is 0 Å². The van der Waals surface area contributed by atoms with E-state index in [1.165, 1.54) is 35.4 Å². The van der Waals surface area contributed by atoms with Gasteiger partial charge in [0.1, 0.15) is 16.9 Å². The number of aromatic nitrogens is 6. The predicted molar refractivity (Wildman–Crippen MR) is 120 cm³/mol. The number of carbonyl (C=O) groups is 1. The van der Waals surface area contributed by atoms with Crippen LogP contribution in [-0.2, 0) is 23.1 Å². The summed E-state index contributed by atoms with van der Waals surface area (Å²) in [7, 11) is -2.40. The second kappa shape index (κ2) is 8.59. The van der Waals surface area contributed by atoms with Crippen LogP contribution in [0.15, 0.2) is 29.7 Å². The maximum atomic E-state index is 13.2. The van der Waals surface area contributed by atoms with Crippen LogP contribution in [0.25, 0.3) is 28.2 Å². The number of pyridine rings is 1. The van der Waals surface area contributed by atoms with Crippen LogP contribution in [0, 0.1) is 0 Å². The summed E-state index contributed by atoms with van der Waals surface area (Å²) >= 11 is 0. The van der Waals surface area contributed by atoms with Crippen molar-refractivity contribution in [1.29, 1.82) is 0 Å². The van der Waals surface area contributed by atoms with Gasteiger partial charge in [-0.2, -0.15) is 18.3 Å².